The van der Waals surface area contributed by atoms with Crippen LogP contribution in [0.15, 0.2) is 36.9 Å². The lowest BCUT2D eigenvalue weighted by atomic mass is 9.85. The second kappa shape index (κ2) is 9.27. The molecule has 1 N–H and O–H groups in total. The molecule has 8 nitrogen and oxygen atoms in total. The molecular formula is C19H27N5O3. The Balaban J connectivity index is 0.000000817. The van der Waals surface area contributed by atoms with E-state index in [0.29, 0.717) is 0 Å². The molecule has 2 aromatic rings. The van der Waals surface area contributed by atoms with Gasteiger partial charge in [-0.2, -0.15) is 0 Å². The number of carbonyl (C=O) groups is 2. The fourth-order valence-electron chi connectivity index (χ4n) is 3.51. The summed E-state index contributed by atoms with van der Waals surface area (Å²) in [5.41, 5.74) is 1.61. The lowest BCUT2D eigenvalue weighted by Crippen LogP contribution is -2.54. The van der Waals surface area contributed by atoms with Crippen LogP contribution in [-0.2, 0) is 21.7 Å². The minimum absolute atomic E-state index is 0.147. The van der Waals surface area contributed by atoms with E-state index in [4.69, 9.17) is 9.90 Å². The number of likely N-dealkylation sites (N-methyl/N-ethyl adjacent to an activating group) is 1. The van der Waals surface area contributed by atoms with Crippen LogP contribution >= 0.6 is 0 Å². The van der Waals surface area contributed by atoms with Crippen molar-refractivity contribution in [3.63, 3.8) is 0 Å². The van der Waals surface area contributed by atoms with E-state index < -0.39 is 5.54 Å². The topological polar surface area (TPSA) is 91.6 Å². The van der Waals surface area contributed by atoms with Crippen molar-refractivity contribution in [3.8, 4) is 0 Å². The fourth-order valence-corrected chi connectivity index (χ4v) is 3.51. The minimum atomic E-state index is -0.517. The number of likely N-dealkylation sites (tertiary alicyclic amines) is 1. The van der Waals surface area contributed by atoms with Crippen LogP contribution < -0.4 is 0 Å². The molecular weight excluding hydrogens is 346 g/mol. The van der Waals surface area contributed by atoms with E-state index in [0.717, 1.165) is 43.9 Å². The van der Waals surface area contributed by atoms with Crippen molar-refractivity contribution in [2.24, 2.45) is 0 Å². The smallest absolute Gasteiger partial charge is 0.290 e. The Labute approximate surface area is 159 Å². The Morgan fingerprint density at radius 3 is 2.52 bits per heavy atom. The molecule has 8 heteroatoms. The summed E-state index contributed by atoms with van der Waals surface area (Å²) in [6.45, 7) is 4.33. The second-order valence-electron chi connectivity index (χ2n) is 6.85. The summed E-state index contributed by atoms with van der Waals surface area (Å²) in [5, 5.41) is 6.89. The number of carboxylic acid groups (broad SMARTS) is 1. The van der Waals surface area contributed by atoms with Gasteiger partial charge in [0.1, 0.15) is 5.54 Å². The number of hydrogen-bond donors (Lipinski definition) is 1. The molecule has 1 saturated heterocycles. The van der Waals surface area contributed by atoms with Crippen LogP contribution in [-0.4, -0.2) is 69.0 Å². The molecule has 0 aromatic carbocycles. The molecule has 0 aliphatic carbocycles. The Morgan fingerprint density at radius 1 is 1.33 bits per heavy atom. The maximum Gasteiger partial charge on any atom is 0.290 e. The van der Waals surface area contributed by atoms with E-state index in [9.17, 15) is 4.79 Å². The monoisotopic (exact) mass is 373 g/mol. The minimum Gasteiger partial charge on any atom is -0.483 e. The van der Waals surface area contributed by atoms with Gasteiger partial charge in [0.15, 0.2) is 0 Å². The highest BCUT2D eigenvalue weighted by Gasteiger charge is 2.43. The van der Waals surface area contributed by atoms with E-state index in [1.807, 2.05) is 43.9 Å². The van der Waals surface area contributed by atoms with Gasteiger partial charge < -0.3 is 14.6 Å². The molecule has 1 aliphatic heterocycles. The van der Waals surface area contributed by atoms with Crippen molar-refractivity contribution in [1.82, 2.24) is 24.3 Å². The molecule has 1 amide bonds. The predicted molar refractivity (Wildman–Crippen MR) is 101 cm³/mol. The average molecular weight is 373 g/mol. The number of hydrogen-bond acceptors (Lipinski definition) is 5. The molecule has 3 heterocycles. The van der Waals surface area contributed by atoms with Gasteiger partial charge in [-0.25, -0.2) is 4.98 Å². The van der Waals surface area contributed by atoms with E-state index >= 15 is 0 Å². The molecule has 1 aliphatic rings. The van der Waals surface area contributed by atoms with Crippen LogP contribution in [0.4, 0.5) is 0 Å². The maximum atomic E-state index is 12.9. The number of rotatable bonds is 4. The summed E-state index contributed by atoms with van der Waals surface area (Å²) in [7, 11) is 3.65. The van der Waals surface area contributed by atoms with Crippen LogP contribution in [0.3, 0.4) is 0 Å². The van der Waals surface area contributed by atoms with Crippen molar-refractivity contribution < 1.29 is 14.7 Å². The van der Waals surface area contributed by atoms with Gasteiger partial charge in [-0.05, 0) is 31.9 Å². The van der Waals surface area contributed by atoms with Gasteiger partial charge in [-0.3, -0.25) is 19.5 Å². The SMILES string of the molecule is Cc1cccc(CN2CCC(C(=O)N(C)C)(n3ccnc3)CC2)n1.O=CO. The van der Waals surface area contributed by atoms with Crippen molar-refractivity contribution in [2.45, 2.75) is 31.8 Å². The zero-order chi connectivity index (χ0) is 19.9. The highest BCUT2D eigenvalue weighted by molar-refractivity contribution is 5.84. The third kappa shape index (κ3) is 4.91. The van der Waals surface area contributed by atoms with E-state index in [-0.39, 0.29) is 12.4 Å². The number of imidazole rings is 1. The summed E-state index contributed by atoms with van der Waals surface area (Å²) >= 11 is 0. The van der Waals surface area contributed by atoms with E-state index in [1.54, 1.807) is 17.4 Å². The first-order chi connectivity index (χ1) is 12.9. The number of piperidine rings is 1. The molecule has 0 atom stereocenters. The second-order valence-corrected chi connectivity index (χ2v) is 6.85. The Hall–Kier alpha value is -2.74. The number of aryl methyl sites for hydroxylation is 1. The fraction of sp³-hybridized carbons (Fsp3) is 0.474. The van der Waals surface area contributed by atoms with Gasteiger partial charge in [0.2, 0.25) is 5.91 Å². The third-order valence-electron chi connectivity index (χ3n) is 4.82. The standard InChI is InChI=1S/C18H25N5O.CH2O2/c1-15-5-4-6-16(20-15)13-22-10-7-18(8-11-22,17(24)21(2)3)23-12-9-19-14-23;2-1-3/h4-6,9,12,14H,7-8,10-11,13H2,1-3H3;1H,(H,2,3). The Morgan fingerprint density at radius 2 is 2.00 bits per heavy atom. The van der Waals surface area contributed by atoms with Crippen molar-refractivity contribution in [1.29, 1.82) is 0 Å². The van der Waals surface area contributed by atoms with Crippen LogP contribution in [0.2, 0.25) is 0 Å². The molecule has 3 rings (SSSR count). The molecule has 0 radical (unpaired) electrons. The normalized spacial score (nSPS) is 16.1. The molecule has 0 spiro atoms. The zero-order valence-corrected chi connectivity index (χ0v) is 16.1. The lowest BCUT2D eigenvalue weighted by Gasteiger charge is -2.42. The summed E-state index contributed by atoms with van der Waals surface area (Å²) < 4.78 is 1.98. The zero-order valence-electron chi connectivity index (χ0n) is 16.1. The van der Waals surface area contributed by atoms with Gasteiger partial charge in [0, 0.05) is 51.8 Å². The van der Waals surface area contributed by atoms with Crippen molar-refractivity contribution >= 4 is 12.4 Å². The third-order valence-corrected chi connectivity index (χ3v) is 4.82. The van der Waals surface area contributed by atoms with Crippen LogP contribution in [0.5, 0.6) is 0 Å². The van der Waals surface area contributed by atoms with E-state index in [2.05, 4.69) is 20.9 Å². The first-order valence-corrected chi connectivity index (χ1v) is 8.86. The highest BCUT2D eigenvalue weighted by Crippen LogP contribution is 2.32. The van der Waals surface area contributed by atoms with Gasteiger partial charge >= 0.3 is 0 Å². The maximum absolute atomic E-state index is 12.9. The van der Waals surface area contributed by atoms with Gasteiger partial charge in [0.25, 0.3) is 6.47 Å². The molecule has 27 heavy (non-hydrogen) atoms. The average Bonchev–Trinajstić information content (AvgIpc) is 3.18. The molecule has 2 aromatic heterocycles. The van der Waals surface area contributed by atoms with Crippen LogP contribution in [0.25, 0.3) is 0 Å². The molecule has 0 bridgehead atoms. The van der Waals surface area contributed by atoms with Gasteiger partial charge in [0.05, 0.1) is 12.0 Å². The van der Waals surface area contributed by atoms with Crippen molar-refractivity contribution in [3.05, 3.63) is 48.3 Å². The first kappa shape index (κ1) is 20.6. The number of aromatic nitrogens is 3. The summed E-state index contributed by atoms with van der Waals surface area (Å²) in [5.74, 6) is 0.147. The number of amides is 1. The number of nitrogens with zero attached hydrogens (tertiary/aromatic N) is 5. The Bertz CT molecular complexity index is 738. The number of carbonyl (C=O) groups excluding carboxylic acids is 1. The summed E-state index contributed by atoms with van der Waals surface area (Å²) in [6.07, 6.45) is 6.98. The quantitative estimate of drug-likeness (QED) is 0.814. The van der Waals surface area contributed by atoms with Gasteiger partial charge in [-0.15, -0.1) is 0 Å². The largest absolute Gasteiger partial charge is 0.483 e. The molecule has 0 unspecified atom stereocenters. The number of pyridine rings is 1. The molecule has 0 saturated carbocycles. The van der Waals surface area contributed by atoms with Crippen LogP contribution in [0.1, 0.15) is 24.2 Å². The van der Waals surface area contributed by atoms with Crippen molar-refractivity contribution in [2.75, 3.05) is 27.2 Å². The van der Waals surface area contributed by atoms with E-state index in [1.165, 1.54) is 0 Å². The van der Waals surface area contributed by atoms with Crippen LogP contribution in [0, 0.1) is 6.92 Å². The summed E-state index contributed by atoms with van der Waals surface area (Å²) in [4.78, 5) is 34.0. The molecule has 146 valence electrons. The van der Waals surface area contributed by atoms with Gasteiger partial charge in [-0.1, -0.05) is 6.07 Å². The molecule has 1 fully saturated rings. The first-order valence-electron chi connectivity index (χ1n) is 8.86. The summed E-state index contributed by atoms with van der Waals surface area (Å²) in [6, 6.07) is 6.13. The highest BCUT2D eigenvalue weighted by atomic mass is 16.3. The predicted octanol–water partition coefficient (Wildman–Crippen LogP) is 1.37. The Kier molecular flexibility index (Phi) is 7.06. The lowest BCUT2D eigenvalue weighted by molar-refractivity contribution is -0.141.